The van der Waals surface area contributed by atoms with E-state index in [1.807, 2.05) is 0 Å². The molecule has 0 saturated carbocycles. The number of carbonyl (C=O) groups excluding carboxylic acids is 1. The lowest BCUT2D eigenvalue weighted by molar-refractivity contribution is 0.102. The lowest BCUT2D eigenvalue weighted by Crippen LogP contribution is -2.36. The first-order valence-corrected chi connectivity index (χ1v) is 10.3. The Morgan fingerprint density at radius 3 is 2.56 bits per heavy atom. The number of nitrogens with zero attached hydrogens (tertiary/aromatic N) is 3. The van der Waals surface area contributed by atoms with Crippen LogP contribution in [0.3, 0.4) is 0 Å². The average Bonchev–Trinajstić information content (AvgIpc) is 3.03. The van der Waals surface area contributed by atoms with Gasteiger partial charge < -0.3 is 5.32 Å². The van der Waals surface area contributed by atoms with Gasteiger partial charge >= 0.3 is 0 Å². The van der Waals surface area contributed by atoms with Crippen molar-refractivity contribution in [2.24, 2.45) is 0 Å². The molecule has 1 N–H and O–H groups in total. The minimum atomic E-state index is -3.55. The maximum absolute atomic E-state index is 12.9. The summed E-state index contributed by atoms with van der Waals surface area (Å²) >= 11 is 1.01. The van der Waals surface area contributed by atoms with Crippen LogP contribution in [-0.2, 0) is 10.0 Å². The second-order valence-electron chi connectivity index (χ2n) is 6.09. The van der Waals surface area contributed by atoms with Crippen molar-refractivity contribution in [2.75, 3.05) is 18.4 Å². The Labute approximate surface area is 151 Å². The van der Waals surface area contributed by atoms with E-state index in [0.29, 0.717) is 34.9 Å². The summed E-state index contributed by atoms with van der Waals surface area (Å²) in [5.74, 6) is -0.335. The minimum absolute atomic E-state index is 0.242. The van der Waals surface area contributed by atoms with Gasteiger partial charge in [0.25, 0.3) is 5.91 Å². The topological polar surface area (TPSA) is 92.3 Å². The Morgan fingerprint density at radius 1 is 1.20 bits per heavy atom. The van der Waals surface area contributed by atoms with Crippen LogP contribution < -0.4 is 5.32 Å². The van der Waals surface area contributed by atoms with Gasteiger partial charge in [0.1, 0.15) is 4.88 Å². The number of rotatable bonds is 4. The van der Waals surface area contributed by atoms with Crippen molar-refractivity contribution in [3.05, 3.63) is 34.3 Å². The number of carbonyl (C=O) groups is 1. The van der Waals surface area contributed by atoms with Crippen molar-refractivity contribution >= 4 is 33.2 Å². The fourth-order valence-electron chi connectivity index (χ4n) is 2.83. The zero-order chi connectivity index (χ0) is 18.0. The summed E-state index contributed by atoms with van der Waals surface area (Å²) in [4.78, 5) is 13.0. The molecule has 1 fully saturated rings. The first-order chi connectivity index (χ1) is 11.9. The standard InChI is InChI=1S/C16H20N4O3S2/c1-11-6-7-13(17-16(21)15-12(2)18-19-24-15)10-14(11)25(22,23)20-8-4-3-5-9-20/h6-7,10H,3-5,8-9H2,1-2H3,(H,17,21). The van der Waals surface area contributed by atoms with Gasteiger partial charge in [0.2, 0.25) is 10.0 Å². The van der Waals surface area contributed by atoms with E-state index < -0.39 is 10.0 Å². The highest BCUT2D eigenvalue weighted by molar-refractivity contribution is 7.89. The molecule has 2 heterocycles. The molecule has 1 aromatic carbocycles. The molecule has 0 atom stereocenters. The zero-order valence-corrected chi connectivity index (χ0v) is 15.8. The van der Waals surface area contributed by atoms with Gasteiger partial charge in [-0.05, 0) is 55.9 Å². The second-order valence-corrected chi connectivity index (χ2v) is 8.75. The first kappa shape index (κ1) is 18.0. The van der Waals surface area contributed by atoms with E-state index in [2.05, 4.69) is 14.9 Å². The maximum Gasteiger partial charge on any atom is 0.269 e. The predicted octanol–water partition coefficient (Wildman–Crippen LogP) is 2.58. The molecule has 1 aromatic heterocycles. The average molecular weight is 380 g/mol. The fraction of sp³-hybridized carbons (Fsp3) is 0.438. The van der Waals surface area contributed by atoms with Gasteiger partial charge in [-0.1, -0.05) is 17.0 Å². The SMILES string of the molecule is Cc1ccc(NC(=O)c2snnc2C)cc1S(=O)(=O)N1CCCCC1. The van der Waals surface area contributed by atoms with E-state index in [0.717, 1.165) is 30.8 Å². The van der Waals surface area contributed by atoms with Crippen LogP contribution in [0.1, 0.15) is 40.2 Å². The molecule has 2 aromatic rings. The fourth-order valence-corrected chi connectivity index (χ4v) is 5.15. The van der Waals surface area contributed by atoms with Gasteiger partial charge in [0.05, 0.1) is 10.6 Å². The molecule has 0 unspecified atom stereocenters. The molecule has 25 heavy (non-hydrogen) atoms. The molecule has 3 rings (SSSR count). The normalized spacial score (nSPS) is 15.9. The predicted molar refractivity (Wildman–Crippen MR) is 96.4 cm³/mol. The monoisotopic (exact) mass is 380 g/mol. The Morgan fingerprint density at radius 2 is 1.92 bits per heavy atom. The molecular formula is C16H20N4O3S2. The van der Waals surface area contributed by atoms with Gasteiger partial charge in [0, 0.05) is 18.8 Å². The van der Waals surface area contributed by atoms with Gasteiger partial charge in [-0.3, -0.25) is 4.79 Å². The number of amides is 1. The smallest absolute Gasteiger partial charge is 0.269 e. The molecule has 0 bridgehead atoms. The third kappa shape index (κ3) is 3.73. The van der Waals surface area contributed by atoms with Crippen molar-refractivity contribution in [1.29, 1.82) is 0 Å². The molecule has 1 saturated heterocycles. The molecule has 1 aliphatic heterocycles. The summed E-state index contributed by atoms with van der Waals surface area (Å²) in [6.45, 7) is 4.56. The van der Waals surface area contributed by atoms with Crippen LogP contribution in [0.2, 0.25) is 0 Å². The molecule has 7 nitrogen and oxygen atoms in total. The number of hydrogen-bond donors (Lipinski definition) is 1. The van der Waals surface area contributed by atoms with Gasteiger partial charge in [0.15, 0.2) is 0 Å². The quantitative estimate of drug-likeness (QED) is 0.880. The third-order valence-corrected chi connectivity index (χ3v) is 7.10. The van der Waals surface area contributed by atoms with E-state index in [4.69, 9.17) is 0 Å². The molecule has 134 valence electrons. The number of anilines is 1. The summed E-state index contributed by atoms with van der Waals surface area (Å²) in [6, 6.07) is 4.94. The number of nitrogens with one attached hydrogen (secondary N) is 1. The van der Waals surface area contributed by atoms with Crippen LogP contribution in [0.25, 0.3) is 0 Å². The van der Waals surface area contributed by atoms with E-state index in [1.165, 1.54) is 10.4 Å². The van der Waals surface area contributed by atoms with Gasteiger partial charge in [-0.25, -0.2) is 8.42 Å². The third-order valence-electron chi connectivity index (χ3n) is 4.24. The highest BCUT2D eigenvalue weighted by Crippen LogP contribution is 2.26. The lowest BCUT2D eigenvalue weighted by atomic mass is 10.2. The van der Waals surface area contributed by atoms with Gasteiger partial charge in [-0.15, -0.1) is 5.10 Å². The van der Waals surface area contributed by atoms with Crippen molar-refractivity contribution in [2.45, 2.75) is 38.0 Å². The number of hydrogen-bond acceptors (Lipinski definition) is 6. The molecule has 0 spiro atoms. The van der Waals surface area contributed by atoms with Crippen molar-refractivity contribution < 1.29 is 13.2 Å². The van der Waals surface area contributed by atoms with Crippen LogP contribution in [-0.4, -0.2) is 41.3 Å². The van der Waals surface area contributed by atoms with Crippen molar-refractivity contribution in [1.82, 2.24) is 13.9 Å². The summed E-state index contributed by atoms with van der Waals surface area (Å²) in [6.07, 6.45) is 2.82. The van der Waals surface area contributed by atoms with Crippen LogP contribution >= 0.6 is 11.5 Å². The number of benzene rings is 1. The summed E-state index contributed by atoms with van der Waals surface area (Å²) in [7, 11) is -3.55. The van der Waals surface area contributed by atoms with Crippen LogP contribution in [0.4, 0.5) is 5.69 Å². The molecule has 0 radical (unpaired) electrons. The summed E-state index contributed by atoms with van der Waals surface area (Å²) in [5.41, 5.74) is 1.66. The zero-order valence-electron chi connectivity index (χ0n) is 14.2. The highest BCUT2D eigenvalue weighted by Gasteiger charge is 2.27. The summed E-state index contributed by atoms with van der Waals surface area (Å²) < 4.78 is 31.1. The van der Waals surface area contributed by atoms with E-state index >= 15 is 0 Å². The lowest BCUT2D eigenvalue weighted by Gasteiger charge is -2.26. The van der Waals surface area contributed by atoms with E-state index in [1.54, 1.807) is 26.0 Å². The Bertz CT molecular complexity index is 887. The maximum atomic E-state index is 12.9. The number of aromatic nitrogens is 2. The molecule has 0 aliphatic carbocycles. The summed E-state index contributed by atoms with van der Waals surface area (Å²) in [5, 5.41) is 6.55. The minimum Gasteiger partial charge on any atom is -0.321 e. The molecular weight excluding hydrogens is 360 g/mol. The first-order valence-electron chi connectivity index (χ1n) is 8.10. The molecule has 1 aliphatic rings. The Kier molecular flexibility index (Phi) is 5.16. The van der Waals surface area contributed by atoms with Crippen molar-refractivity contribution in [3.63, 3.8) is 0 Å². The second kappa shape index (κ2) is 7.19. The van der Waals surface area contributed by atoms with Crippen LogP contribution in [0.15, 0.2) is 23.1 Å². The number of aryl methyl sites for hydroxylation is 2. The largest absolute Gasteiger partial charge is 0.321 e. The Hall–Kier alpha value is -1.84. The molecule has 9 heteroatoms. The van der Waals surface area contributed by atoms with Crippen LogP contribution in [0.5, 0.6) is 0 Å². The number of piperidine rings is 1. The van der Waals surface area contributed by atoms with Crippen LogP contribution in [0, 0.1) is 13.8 Å². The van der Waals surface area contributed by atoms with E-state index in [-0.39, 0.29) is 10.8 Å². The van der Waals surface area contributed by atoms with Crippen molar-refractivity contribution in [3.8, 4) is 0 Å². The van der Waals surface area contributed by atoms with E-state index in [9.17, 15) is 13.2 Å². The number of sulfonamides is 1. The highest BCUT2D eigenvalue weighted by atomic mass is 32.2. The Balaban J connectivity index is 1.88. The molecule has 1 amide bonds. The van der Waals surface area contributed by atoms with Gasteiger partial charge in [-0.2, -0.15) is 4.31 Å².